The van der Waals surface area contributed by atoms with Crippen LogP contribution in [0.15, 0.2) is 0 Å². The van der Waals surface area contributed by atoms with Gasteiger partial charge < -0.3 is 25.5 Å². The van der Waals surface area contributed by atoms with Crippen LogP contribution in [0.4, 0.5) is 0 Å². The summed E-state index contributed by atoms with van der Waals surface area (Å²) in [6, 6.07) is 0. The summed E-state index contributed by atoms with van der Waals surface area (Å²) in [5.74, 6) is -0.299. The van der Waals surface area contributed by atoms with Crippen molar-refractivity contribution in [3.05, 3.63) is 0 Å². The van der Waals surface area contributed by atoms with Gasteiger partial charge in [-0.15, -0.1) is 0 Å². The first-order valence-electron chi connectivity index (χ1n) is 12.0. The van der Waals surface area contributed by atoms with Crippen LogP contribution in [-0.4, -0.2) is 55.9 Å². The Balaban J connectivity index is 1.64. The second kappa shape index (κ2) is 7.72. The quantitative estimate of drug-likeness (QED) is 0.473. The van der Waals surface area contributed by atoms with Gasteiger partial charge in [0.25, 0.3) is 0 Å². The van der Waals surface area contributed by atoms with Crippen molar-refractivity contribution in [2.45, 2.75) is 96.6 Å². The third-order valence-corrected chi connectivity index (χ3v) is 10.4. The van der Waals surface area contributed by atoms with Crippen LogP contribution in [0.5, 0.6) is 0 Å². The molecule has 0 aromatic carbocycles. The predicted octanol–water partition coefficient (Wildman–Crippen LogP) is 2.42. The van der Waals surface area contributed by atoms with Crippen LogP contribution in [0.1, 0.15) is 72.1 Å². The van der Waals surface area contributed by atoms with Gasteiger partial charge in [0.1, 0.15) is 0 Å². The number of rotatable bonds is 4. The smallest absolute Gasteiger partial charge is 0.303 e. The Hall–Kier alpha value is -0.690. The van der Waals surface area contributed by atoms with E-state index in [-0.39, 0.29) is 52.8 Å². The summed E-state index contributed by atoms with van der Waals surface area (Å²) in [4.78, 5) is 11.1. The van der Waals surface area contributed by atoms with Gasteiger partial charge in [0.2, 0.25) is 0 Å². The largest absolute Gasteiger partial charge is 0.481 e. The van der Waals surface area contributed by atoms with E-state index in [1.807, 2.05) is 0 Å². The van der Waals surface area contributed by atoms with Crippen molar-refractivity contribution in [2.24, 2.45) is 46.3 Å². The van der Waals surface area contributed by atoms with Crippen molar-refractivity contribution in [1.29, 1.82) is 0 Å². The molecule has 0 saturated heterocycles. The SMILES string of the molecule is C[C@H](CCC(=O)O)[C@H]1CC[C@H]2[C@@H]3[C@@H](O)[C@H](O)[C@@H]4C[C@H](O)CC[C@]4(C)[C@H]3C[C@H](O)[C@]12C. The molecule has 0 spiro atoms. The Labute approximate surface area is 179 Å². The van der Waals surface area contributed by atoms with Crippen LogP contribution in [0.25, 0.3) is 0 Å². The number of fused-ring (bicyclic) bond motifs is 5. The van der Waals surface area contributed by atoms with E-state index in [4.69, 9.17) is 5.11 Å². The minimum absolute atomic E-state index is 0.0541. The van der Waals surface area contributed by atoms with Gasteiger partial charge in [0, 0.05) is 6.42 Å². The molecule has 0 bridgehead atoms. The highest BCUT2D eigenvalue weighted by atomic mass is 16.4. The number of aliphatic carboxylic acids is 1. The van der Waals surface area contributed by atoms with Crippen LogP contribution in [0.3, 0.4) is 0 Å². The lowest BCUT2D eigenvalue weighted by atomic mass is 9.42. The van der Waals surface area contributed by atoms with E-state index in [0.29, 0.717) is 25.7 Å². The number of carbonyl (C=O) groups is 1. The van der Waals surface area contributed by atoms with Crippen molar-refractivity contribution in [1.82, 2.24) is 0 Å². The molecule has 6 heteroatoms. The third-order valence-electron chi connectivity index (χ3n) is 10.4. The average Bonchev–Trinajstić information content (AvgIpc) is 3.05. The Morgan fingerprint density at radius 3 is 2.33 bits per heavy atom. The first kappa shape index (κ1) is 22.5. The van der Waals surface area contributed by atoms with E-state index in [9.17, 15) is 25.2 Å². The van der Waals surface area contributed by atoms with Crippen molar-refractivity contribution in [3.63, 3.8) is 0 Å². The molecule has 0 amide bonds. The first-order valence-corrected chi connectivity index (χ1v) is 12.0. The maximum atomic E-state index is 11.5. The molecule has 4 fully saturated rings. The van der Waals surface area contributed by atoms with Crippen molar-refractivity contribution < 1.29 is 30.3 Å². The molecule has 4 rings (SSSR count). The number of hydrogen-bond acceptors (Lipinski definition) is 5. The average molecular weight is 425 g/mol. The van der Waals surface area contributed by atoms with E-state index in [2.05, 4.69) is 20.8 Å². The summed E-state index contributed by atoms with van der Waals surface area (Å²) in [5, 5.41) is 53.1. The number of carboxylic acids is 1. The van der Waals surface area contributed by atoms with Gasteiger partial charge in [-0.25, -0.2) is 0 Å². The topological polar surface area (TPSA) is 118 Å². The van der Waals surface area contributed by atoms with E-state index in [1.54, 1.807) is 0 Å². The molecule has 5 N–H and O–H groups in total. The molecule has 0 aliphatic heterocycles. The minimum Gasteiger partial charge on any atom is -0.481 e. The first-order chi connectivity index (χ1) is 14.0. The van der Waals surface area contributed by atoms with Gasteiger partial charge in [-0.3, -0.25) is 4.79 Å². The molecule has 0 heterocycles. The molecule has 0 aromatic rings. The van der Waals surface area contributed by atoms with Gasteiger partial charge >= 0.3 is 5.97 Å². The zero-order chi connectivity index (χ0) is 22.0. The molecule has 4 saturated carbocycles. The lowest BCUT2D eigenvalue weighted by Gasteiger charge is -2.64. The summed E-state index contributed by atoms with van der Waals surface area (Å²) in [5.41, 5.74) is -0.547. The molecule has 172 valence electrons. The van der Waals surface area contributed by atoms with Crippen LogP contribution in [0, 0.1) is 46.3 Å². The van der Waals surface area contributed by atoms with E-state index in [0.717, 1.165) is 19.3 Å². The van der Waals surface area contributed by atoms with Crippen molar-refractivity contribution in [3.8, 4) is 0 Å². The molecule has 30 heavy (non-hydrogen) atoms. The Morgan fingerprint density at radius 1 is 0.967 bits per heavy atom. The van der Waals surface area contributed by atoms with Crippen LogP contribution < -0.4 is 0 Å². The lowest BCUT2D eigenvalue weighted by Crippen LogP contribution is -2.66. The Kier molecular flexibility index (Phi) is 5.79. The van der Waals surface area contributed by atoms with Crippen molar-refractivity contribution >= 4 is 5.97 Å². The van der Waals surface area contributed by atoms with Crippen molar-refractivity contribution in [2.75, 3.05) is 0 Å². The lowest BCUT2D eigenvalue weighted by molar-refractivity contribution is -0.243. The fraction of sp³-hybridized carbons (Fsp3) is 0.958. The highest BCUT2D eigenvalue weighted by Crippen LogP contribution is 2.68. The Bertz CT molecular complexity index is 668. The summed E-state index contributed by atoms with van der Waals surface area (Å²) >= 11 is 0. The fourth-order valence-electron chi connectivity index (χ4n) is 8.72. The maximum absolute atomic E-state index is 11.5. The summed E-state index contributed by atoms with van der Waals surface area (Å²) < 4.78 is 0. The van der Waals surface area contributed by atoms with E-state index >= 15 is 0 Å². The monoisotopic (exact) mass is 424 g/mol. The molecule has 4 aliphatic rings. The van der Waals surface area contributed by atoms with Gasteiger partial charge in [-0.05, 0) is 91.3 Å². The number of aliphatic hydroxyl groups excluding tert-OH is 4. The molecule has 0 unspecified atom stereocenters. The van der Waals surface area contributed by atoms with Gasteiger partial charge in [0.05, 0.1) is 24.4 Å². The zero-order valence-electron chi connectivity index (χ0n) is 18.6. The summed E-state index contributed by atoms with van der Waals surface area (Å²) in [7, 11) is 0. The minimum atomic E-state index is -0.839. The summed E-state index contributed by atoms with van der Waals surface area (Å²) in [6.07, 6.45) is 2.67. The van der Waals surface area contributed by atoms with Crippen LogP contribution >= 0.6 is 0 Å². The molecule has 12 atom stereocenters. The van der Waals surface area contributed by atoms with Gasteiger partial charge in [0.15, 0.2) is 0 Å². The van der Waals surface area contributed by atoms with Crippen LogP contribution in [-0.2, 0) is 4.79 Å². The summed E-state index contributed by atoms with van der Waals surface area (Å²) in [6.45, 7) is 6.45. The molecular formula is C24H40O6. The second-order valence-corrected chi connectivity index (χ2v) is 11.5. The highest BCUT2D eigenvalue weighted by Gasteiger charge is 2.67. The van der Waals surface area contributed by atoms with E-state index < -0.39 is 30.4 Å². The maximum Gasteiger partial charge on any atom is 0.303 e. The number of hydrogen-bond donors (Lipinski definition) is 5. The molecule has 0 radical (unpaired) electrons. The van der Waals surface area contributed by atoms with E-state index in [1.165, 1.54) is 0 Å². The molecule has 6 nitrogen and oxygen atoms in total. The molecule has 4 aliphatic carbocycles. The standard InChI is InChI=1S/C24H40O6/c1-12(4-7-19(27)28)14-5-6-15-20-16(11-18(26)24(14,15)3)23(2)9-8-13(25)10-17(23)21(29)22(20)30/h12-18,20-22,25-26,29-30H,4-11H2,1-3H3,(H,27,28)/t12-,13-,14-,15+,16+,17+,18+,20+,21-,22-,23-,24-/m1/s1. The predicted molar refractivity (Wildman–Crippen MR) is 111 cm³/mol. The third kappa shape index (κ3) is 3.16. The number of aliphatic hydroxyl groups is 4. The van der Waals surface area contributed by atoms with Crippen LogP contribution in [0.2, 0.25) is 0 Å². The molecular weight excluding hydrogens is 384 g/mol. The van der Waals surface area contributed by atoms with Gasteiger partial charge in [-0.2, -0.15) is 0 Å². The zero-order valence-corrected chi connectivity index (χ0v) is 18.6. The van der Waals surface area contributed by atoms with Gasteiger partial charge in [-0.1, -0.05) is 20.8 Å². The fourth-order valence-corrected chi connectivity index (χ4v) is 8.72. The number of carboxylic acid groups (broad SMARTS) is 1. The second-order valence-electron chi connectivity index (χ2n) is 11.5. The highest BCUT2D eigenvalue weighted by molar-refractivity contribution is 5.66. The Morgan fingerprint density at radius 2 is 1.67 bits per heavy atom. The normalized spacial score (nSPS) is 54.0. The molecule has 0 aromatic heterocycles.